The lowest BCUT2D eigenvalue weighted by molar-refractivity contribution is 0.106. The average molecular weight is 259 g/mol. The van der Waals surface area contributed by atoms with E-state index in [1.54, 1.807) is 0 Å². The van der Waals surface area contributed by atoms with Gasteiger partial charge in [-0.1, -0.05) is 0 Å². The van der Waals surface area contributed by atoms with Crippen LogP contribution >= 0.6 is 0 Å². The Labute approximate surface area is 111 Å². The fraction of sp³-hybridized carbons (Fsp3) is 0.923. The predicted molar refractivity (Wildman–Crippen MR) is 75.9 cm³/mol. The van der Waals surface area contributed by atoms with Crippen molar-refractivity contribution in [2.75, 3.05) is 39.5 Å². The van der Waals surface area contributed by atoms with Crippen LogP contribution in [-0.2, 0) is 9.47 Å². The van der Waals surface area contributed by atoms with Crippen molar-refractivity contribution in [2.45, 2.75) is 40.2 Å². The summed E-state index contributed by atoms with van der Waals surface area (Å²) in [6.07, 6.45) is 0. The highest BCUT2D eigenvalue weighted by Gasteiger charge is 2.13. The zero-order valence-corrected chi connectivity index (χ0v) is 12.5. The van der Waals surface area contributed by atoms with E-state index in [2.05, 4.69) is 4.99 Å². The zero-order valence-electron chi connectivity index (χ0n) is 12.5. The molecule has 108 valence electrons. The first kappa shape index (κ1) is 17.2. The normalized spacial score (nSPS) is 12.8. The fourth-order valence-corrected chi connectivity index (χ4v) is 1.39. The van der Waals surface area contributed by atoms with Crippen molar-refractivity contribution in [3.63, 3.8) is 0 Å². The van der Waals surface area contributed by atoms with Crippen LogP contribution in [0.25, 0.3) is 0 Å². The molecule has 0 aliphatic carbocycles. The van der Waals surface area contributed by atoms with Crippen LogP contribution in [0.1, 0.15) is 34.6 Å². The molecule has 0 aliphatic rings. The molecule has 0 unspecified atom stereocenters. The minimum Gasteiger partial charge on any atom is -0.380 e. The first-order valence-corrected chi connectivity index (χ1v) is 6.66. The first-order chi connectivity index (χ1) is 8.40. The number of nitrogens with two attached hydrogens (primary N) is 1. The molecule has 0 fully saturated rings. The van der Waals surface area contributed by atoms with E-state index < -0.39 is 0 Å². The maximum absolute atomic E-state index is 6.03. The highest BCUT2D eigenvalue weighted by Crippen LogP contribution is 2.06. The van der Waals surface area contributed by atoms with E-state index in [9.17, 15) is 0 Å². The van der Waals surface area contributed by atoms with Gasteiger partial charge in [-0.2, -0.15) is 0 Å². The van der Waals surface area contributed by atoms with Crippen LogP contribution in [0.4, 0.5) is 0 Å². The van der Waals surface area contributed by atoms with Crippen LogP contribution in [0.5, 0.6) is 0 Å². The summed E-state index contributed by atoms with van der Waals surface area (Å²) >= 11 is 0. The molecule has 18 heavy (non-hydrogen) atoms. The van der Waals surface area contributed by atoms with Gasteiger partial charge in [0.25, 0.3) is 0 Å². The summed E-state index contributed by atoms with van der Waals surface area (Å²) in [5.41, 5.74) is 5.87. The zero-order chi connectivity index (χ0) is 14.0. The summed E-state index contributed by atoms with van der Waals surface area (Å²) in [4.78, 5) is 6.49. The maximum atomic E-state index is 6.03. The van der Waals surface area contributed by atoms with Gasteiger partial charge < -0.3 is 20.1 Å². The molecular formula is C13H29N3O2. The van der Waals surface area contributed by atoms with Crippen LogP contribution in [-0.4, -0.2) is 55.9 Å². The molecule has 0 aromatic rings. The lowest BCUT2D eigenvalue weighted by Crippen LogP contribution is -2.43. The molecule has 0 radical (unpaired) electrons. The van der Waals surface area contributed by atoms with Gasteiger partial charge in [-0.15, -0.1) is 0 Å². The molecule has 0 aromatic heterocycles. The summed E-state index contributed by atoms with van der Waals surface area (Å²) < 4.78 is 10.7. The van der Waals surface area contributed by atoms with Crippen molar-refractivity contribution in [2.24, 2.45) is 10.7 Å². The van der Waals surface area contributed by atoms with Crippen molar-refractivity contribution in [3.05, 3.63) is 0 Å². The number of hydrogen-bond acceptors (Lipinski definition) is 3. The summed E-state index contributed by atoms with van der Waals surface area (Å²) in [5.74, 6) is 0.557. The molecule has 0 aromatic carbocycles. The Balaban J connectivity index is 4.38. The van der Waals surface area contributed by atoms with Gasteiger partial charge in [0.1, 0.15) is 0 Å². The molecule has 0 atom stereocenters. The number of rotatable bonds is 8. The van der Waals surface area contributed by atoms with Crippen molar-refractivity contribution < 1.29 is 9.47 Å². The van der Waals surface area contributed by atoms with E-state index >= 15 is 0 Å². The van der Waals surface area contributed by atoms with E-state index in [4.69, 9.17) is 15.2 Å². The third-order valence-electron chi connectivity index (χ3n) is 2.19. The molecule has 5 nitrogen and oxygen atoms in total. The fourth-order valence-electron chi connectivity index (χ4n) is 1.39. The number of guanidine groups is 1. The molecule has 0 aliphatic heterocycles. The Morgan fingerprint density at radius 3 is 1.83 bits per heavy atom. The molecule has 0 saturated carbocycles. The Bertz CT molecular complexity index is 227. The molecule has 0 heterocycles. The van der Waals surface area contributed by atoms with Gasteiger partial charge in [-0.25, -0.2) is 4.99 Å². The van der Waals surface area contributed by atoms with Gasteiger partial charge in [0.15, 0.2) is 5.96 Å². The molecule has 0 saturated heterocycles. The van der Waals surface area contributed by atoms with E-state index in [1.807, 2.05) is 39.5 Å². The van der Waals surface area contributed by atoms with Crippen LogP contribution < -0.4 is 5.73 Å². The average Bonchev–Trinajstić information content (AvgIpc) is 2.25. The van der Waals surface area contributed by atoms with Crippen molar-refractivity contribution in [1.82, 2.24) is 4.90 Å². The topological polar surface area (TPSA) is 60.1 Å². The maximum Gasteiger partial charge on any atom is 0.191 e. The molecular weight excluding hydrogens is 230 g/mol. The van der Waals surface area contributed by atoms with Gasteiger partial charge >= 0.3 is 0 Å². The second-order valence-electron chi connectivity index (χ2n) is 5.02. The molecule has 0 amide bonds. The second-order valence-corrected chi connectivity index (χ2v) is 5.02. The minimum atomic E-state index is -0.167. The lowest BCUT2D eigenvalue weighted by Gasteiger charge is -2.25. The summed E-state index contributed by atoms with van der Waals surface area (Å²) in [6.45, 7) is 14.3. The second kappa shape index (κ2) is 9.16. The van der Waals surface area contributed by atoms with Crippen LogP contribution in [0.3, 0.4) is 0 Å². The highest BCUT2D eigenvalue weighted by atomic mass is 16.5. The largest absolute Gasteiger partial charge is 0.380 e. The Morgan fingerprint density at radius 1 is 1.06 bits per heavy atom. The van der Waals surface area contributed by atoms with E-state index in [0.29, 0.717) is 19.2 Å². The van der Waals surface area contributed by atoms with E-state index in [-0.39, 0.29) is 5.54 Å². The molecule has 0 bridgehead atoms. The number of nitrogens with zero attached hydrogens (tertiary/aromatic N) is 2. The van der Waals surface area contributed by atoms with Gasteiger partial charge in [-0.3, -0.25) is 0 Å². The summed E-state index contributed by atoms with van der Waals surface area (Å²) in [7, 11) is 0. The summed E-state index contributed by atoms with van der Waals surface area (Å²) in [5, 5.41) is 0. The number of aliphatic imine (C=N–C) groups is 1. The van der Waals surface area contributed by atoms with Crippen LogP contribution in [0.2, 0.25) is 0 Å². The Kier molecular flexibility index (Phi) is 8.75. The van der Waals surface area contributed by atoms with Gasteiger partial charge in [-0.05, 0) is 34.6 Å². The smallest absolute Gasteiger partial charge is 0.191 e. The molecule has 2 N–H and O–H groups in total. The number of hydrogen-bond donors (Lipinski definition) is 1. The predicted octanol–water partition coefficient (Wildman–Crippen LogP) is 1.47. The SMILES string of the molecule is CCOCCN(CCOCC)C(N)=NC(C)(C)C. The van der Waals surface area contributed by atoms with Crippen LogP contribution in [0.15, 0.2) is 4.99 Å². The Hall–Kier alpha value is -0.810. The monoisotopic (exact) mass is 259 g/mol. The van der Waals surface area contributed by atoms with E-state index in [0.717, 1.165) is 26.3 Å². The lowest BCUT2D eigenvalue weighted by atomic mass is 10.1. The van der Waals surface area contributed by atoms with Crippen molar-refractivity contribution in [3.8, 4) is 0 Å². The van der Waals surface area contributed by atoms with Gasteiger partial charge in [0, 0.05) is 26.3 Å². The van der Waals surface area contributed by atoms with Crippen molar-refractivity contribution in [1.29, 1.82) is 0 Å². The quantitative estimate of drug-likeness (QED) is 0.407. The third kappa shape index (κ3) is 9.24. The van der Waals surface area contributed by atoms with Crippen LogP contribution in [0, 0.1) is 0 Å². The molecule has 0 spiro atoms. The first-order valence-electron chi connectivity index (χ1n) is 6.66. The number of ether oxygens (including phenoxy) is 2. The Morgan fingerprint density at radius 2 is 1.50 bits per heavy atom. The minimum absolute atomic E-state index is 0.167. The van der Waals surface area contributed by atoms with Crippen molar-refractivity contribution >= 4 is 5.96 Å². The van der Waals surface area contributed by atoms with Gasteiger partial charge in [0.05, 0.1) is 18.8 Å². The third-order valence-corrected chi connectivity index (χ3v) is 2.19. The highest BCUT2D eigenvalue weighted by molar-refractivity contribution is 5.78. The molecule has 5 heteroatoms. The molecule has 0 rings (SSSR count). The summed E-state index contributed by atoms with van der Waals surface area (Å²) in [6, 6.07) is 0. The van der Waals surface area contributed by atoms with E-state index in [1.165, 1.54) is 0 Å². The standard InChI is InChI=1S/C13H29N3O2/c1-6-17-10-8-16(9-11-18-7-2)12(14)15-13(3,4)5/h6-11H2,1-5H3,(H2,14,15). The van der Waals surface area contributed by atoms with Gasteiger partial charge in [0.2, 0.25) is 0 Å².